The maximum absolute atomic E-state index is 12.7. The fourth-order valence-electron chi connectivity index (χ4n) is 3.55. The number of aliphatic imine (C=N–C) groups is 1. The van der Waals surface area contributed by atoms with Crippen molar-refractivity contribution in [1.29, 1.82) is 0 Å². The summed E-state index contributed by atoms with van der Waals surface area (Å²) in [4.78, 5) is 17.4. The monoisotopic (exact) mass is 396 g/mol. The van der Waals surface area contributed by atoms with E-state index in [2.05, 4.69) is 31.3 Å². The van der Waals surface area contributed by atoms with Crippen LogP contribution in [0.25, 0.3) is 0 Å². The summed E-state index contributed by atoms with van der Waals surface area (Å²) in [7, 11) is 0. The maximum Gasteiger partial charge on any atom is 0.188 e. The summed E-state index contributed by atoms with van der Waals surface area (Å²) >= 11 is 0. The zero-order valence-corrected chi connectivity index (χ0v) is 17.1. The van der Waals surface area contributed by atoms with E-state index >= 15 is 0 Å². The smallest absolute Gasteiger partial charge is 0.188 e. The summed E-state index contributed by atoms with van der Waals surface area (Å²) in [6.07, 6.45) is 5.10. The number of aromatic hydroxyl groups is 1. The van der Waals surface area contributed by atoms with Crippen molar-refractivity contribution in [2.75, 3.05) is 5.32 Å². The highest BCUT2D eigenvalue weighted by Crippen LogP contribution is 2.35. The van der Waals surface area contributed by atoms with Gasteiger partial charge in [0, 0.05) is 5.69 Å². The second-order valence-corrected chi connectivity index (χ2v) is 7.27. The number of ketones is 1. The van der Waals surface area contributed by atoms with Crippen molar-refractivity contribution >= 4 is 28.6 Å². The minimum absolute atomic E-state index is 0.0403. The molecular formula is C26H24N2O2. The molecule has 1 aliphatic rings. The molecular weight excluding hydrogens is 372 g/mol. The average molecular weight is 396 g/mol. The summed E-state index contributed by atoms with van der Waals surface area (Å²) in [5, 5.41) is 13.9. The van der Waals surface area contributed by atoms with Gasteiger partial charge >= 0.3 is 0 Å². The van der Waals surface area contributed by atoms with Crippen LogP contribution in [0.4, 0.5) is 17.1 Å². The lowest BCUT2D eigenvalue weighted by Crippen LogP contribution is -2.15. The summed E-state index contributed by atoms with van der Waals surface area (Å²) in [5.74, 6) is -0.118. The van der Waals surface area contributed by atoms with Gasteiger partial charge in [-0.3, -0.25) is 4.79 Å². The molecule has 1 aliphatic carbocycles. The average Bonchev–Trinajstić information content (AvgIpc) is 2.78. The molecule has 0 saturated heterocycles. The van der Waals surface area contributed by atoms with Crippen LogP contribution < -0.4 is 5.32 Å². The number of anilines is 2. The number of rotatable bonds is 5. The molecule has 150 valence electrons. The Morgan fingerprint density at radius 1 is 0.800 bits per heavy atom. The van der Waals surface area contributed by atoms with Crippen molar-refractivity contribution in [2.45, 2.75) is 26.7 Å². The van der Waals surface area contributed by atoms with Gasteiger partial charge in [-0.25, -0.2) is 4.99 Å². The standard InChI is InChI=1S/C26H24N2O2/c1-3-17-5-9-19(10-6-17)27-21-13-15-24(30)26-22(14-16-23(29)25(21)26)28-20-11-7-18(4-2)8-12-20/h5-16,27,30H,3-4H2,1-2H3. The van der Waals surface area contributed by atoms with Gasteiger partial charge in [-0.1, -0.05) is 38.1 Å². The molecule has 0 atom stereocenters. The molecule has 0 amide bonds. The van der Waals surface area contributed by atoms with Crippen LogP contribution in [0.15, 0.2) is 77.8 Å². The van der Waals surface area contributed by atoms with Crippen LogP contribution in [0.5, 0.6) is 5.75 Å². The van der Waals surface area contributed by atoms with Crippen LogP contribution in [0, 0.1) is 0 Å². The quantitative estimate of drug-likeness (QED) is 0.510. The van der Waals surface area contributed by atoms with E-state index in [0.29, 0.717) is 22.5 Å². The summed E-state index contributed by atoms with van der Waals surface area (Å²) < 4.78 is 0. The highest BCUT2D eigenvalue weighted by atomic mass is 16.3. The molecule has 0 spiro atoms. The molecule has 2 N–H and O–H groups in total. The fraction of sp³-hybridized carbons (Fsp3) is 0.154. The predicted octanol–water partition coefficient (Wildman–Crippen LogP) is 6.13. The van der Waals surface area contributed by atoms with Crippen LogP contribution in [0.1, 0.15) is 40.9 Å². The first-order chi connectivity index (χ1) is 14.6. The van der Waals surface area contributed by atoms with Crippen molar-refractivity contribution in [2.24, 2.45) is 4.99 Å². The van der Waals surface area contributed by atoms with Gasteiger partial charge in [0.2, 0.25) is 0 Å². The first kappa shape index (κ1) is 19.6. The number of nitrogens with zero attached hydrogens (tertiary/aromatic N) is 1. The number of hydrogen-bond acceptors (Lipinski definition) is 4. The molecule has 0 radical (unpaired) electrons. The first-order valence-electron chi connectivity index (χ1n) is 10.2. The van der Waals surface area contributed by atoms with E-state index in [4.69, 9.17) is 4.99 Å². The molecule has 0 fully saturated rings. The molecule has 4 rings (SSSR count). The molecule has 0 heterocycles. The van der Waals surface area contributed by atoms with Gasteiger partial charge < -0.3 is 10.4 Å². The minimum Gasteiger partial charge on any atom is -0.507 e. The molecule has 0 saturated carbocycles. The second kappa shape index (κ2) is 8.37. The normalized spacial score (nSPS) is 14.1. The Morgan fingerprint density at radius 2 is 1.43 bits per heavy atom. The largest absolute Gasteiger partial charge is 0.507 e. The van der Waals surface area contributed by atoms with Gasteiger partial charge in [0.05, 0.1) is 28.2 Å². The minimum atomic E-state index is -0.158. The molecule has 3 aromatic carbocycles. The van der Waals surface area contributed by atoms with Gasteiger partial charge in [-0.05, 0) is 72.5 Å². The Kier molecular flexibility index (Phi) is 5.48. The second-order valence-electron chi connectivity index (χ2n) is 7.27. The lowest BCUT2D eigenvalue weighted by Gasteiger charge is -2.19. The third-order valence-electron chi connectivity index (χ3n) is 5.31. The molecule has 4 heteroatoms. The molecule has 0 aromatic heterocycles. The summed E-state index contributed by atoms with van der Waals surface area (Å²) in [6, 6.07) is 19.4. The van der Waals surface area contributed by atoms with Crippen LogP contribution in [-0.4, -0.2) is 16.6 Å². The number of aryl methyl sites for hydroxylation is 2. The Bertz CT molecular complexity index is 1140. The first-order valence-corrected chi connectivity index (χ1v) is 10.2. The molecule has 0 bridgehead atoms. The zero-order chi connectivity index (χ0) is 21.1. The number of phenols is 1. The summed E-state index contributed by atoms with van der Waals surface area (Å²) in [5.41, 5.74) is 6.24. The Morgan fingerprint density at radius 3 is 2.07 bits per heavy atom. The van der Waals surface area contributed by atoms with Crippen molar-refractivity contribution in [3.8, 4) is 5.75 Å². The predicted molar refractivity (Wildman–Crippen MR) is 123 cm³/mol. The molecule has 4 nitrogen and oxygen atoms in total. The van der Waals surface area contributed by atoms with E-state index in [1.807, 2.05) is 36.4 Å². The number of allylic oxidation sites excluding steroid dienone is 2. The van der Waals surface area contributed by atoms with Gasteiger partial charge in [0.25, 0.3) is 0 Å². The Hall–Kier alpha value is -3.66. The van der Waals surface area contributed by atoms with Crippen molar-refractivity contribution in [3.05, 3.63) is 95.1 Å². The summed E-state index contributed by atoms with van der Waals surface area (Å²) in [6.45, 7) is 4.22. The number of fused-ring (bicyclic) bond motifs is 1. The van der Waals surface area contributed by atoms with Gasteiger partial charge in [0.1, 0.15) is 5.75 Å². The van der Waals surface area contributed by atoms with Crippen LogP contribution in [-0.2, 0) is 12.8 Å². The van der Waals surface area contributed by atoms with E-state index in [1.165, 1.54) is 17.2 Å². The lowest BCUT2D eigenvalue weighted by atomic mass is 9.91. The van der Waals surface area contributed by atoms with E-state index in [-0.39, 0.29) is 11.5 Å². The topological polar surface area (TPSA) is 61.7 Å². The van der Waals surface area contributed by atoms with E-state index in [9.17, 15) is 9.90 Å². The highest BCUT2D eigenvalue weighted by molar-refractivity contribution is 6.27. The third-order valence-corrected chi connectivity index (χ3v) is 5.31. The highest BCUT2D eigenvalue weighted by Gasteiger charge is 2.25. The van der Waals surface area contributed by atoms with Crippen LogP contribution >= 0.6 is 0 Å². The number of hydrogen-bond donors (Lipinski definition) is 2. The van der Waals surface area contributed by atoms with Crippen molar-refractivity contribution < 1.29 is 9.90 Å². The number of carbonyl (C=O) groups is 1. The zero-order valence-electron chi connectivity index (χ0n) is 17.1. The van der Waals surface area contributed by atoms with Gasteiger partial charge in [0.15, 0.2) is 5.78 Å². The van der Waals surface area contributed by atoms with Gasteiger partial charge in [-0.2, -0.15) is 0 Å². The number of nitrogens with one attached hydrogen (secondary N) is 1. The van der Waals surface area contributed by atoms with Crippen molar-refractivity contribution in [1.82, 2.24) is 0 Å². The number of phenolic OH excluding ortho intramolecular Hbond substituents is 1. The van der Waals surface area contributed by atoms with Crippen LogP contribution in [0.2, 0.25) is 0 Å². The third kappa shape index (κ3) is 3.90. The number of carbonyl (C=O) groups excluding carboxylic acids is 1. The molecule has 3 aromatic rings. The number of benzene rings is 3. The molecule has 0 aliphatic heterocycles. The Labute approximate surface area is 176 Å². The van der Waals surface area contributed by atoms with Crippen LogP contribution in [0.3, 0.4) is 0 Å². The van der Waals surface area contributed by atoms with Gasteiger partial charge in [-0.15, -0.1) is 0 Å². The molecule has 0 unspecified atom stereocenters. The SMILES string of the molecule is CCc1ccc(N=C2C=CC(=O)c3c(Nc4ccc(CC)cc4)ccc(O)c32)cc1. The molecule has 30 heavy (non-hydrogen) atoms. The van der Waals surface area contributed by atoms with E-state index in [0.717, 1.165) is 24.2 Å². The maximum atomic E-state index is 12.7. The fourth-order valence-corrected chi connectivity index (χ4v) is 3.55. The van der Waals surface area contributed by atoms with E-state index < -0.39 is 0 Å². The van der Waals surface area contributed by atoms with E-state index in [1.54, 1.807) is 18.2 Å². The van der Waals surface area contributed by atoms with Crippen molar-refractivity contribution in [3.63, 3.8) is 0 Å². The lowest BCUT2D eigenvalue weighted by molar-refractivity contribution is 0.104. The Balaban J connectivity index is 1.75.